The summed E-state index contributed by atoms with van der Waals surface area (Å²) in [4.78, 5) is 11.9. The van der Waals surface area contributed by atoms with Crippen LogP contribution in [0.4, 0.5) is 14.6 Å². The Morgan fingerprint density at radius 3 is 2.44 bits per heavy atom. The summed E-state index contributed by atoms with van der Waals surface area (Å²) in [5.74, 6) is -2.13. The van der Waals surface area contributed by atoms with E-state index in [4.69, 9.17) is 18.4 Å². The molecule has 1 aromatic carbocycles. The van der Waals surface area contributed by atoms with Gasteiger partial charge in [0.05, 0.1) is 30.7 Å². The topological polar surface area (TPSA) is 82.8 Å². The van der Waals surface area contributed by atoms with Gasteiger partial charge < -0.3 is 23.7 Å². The number of aromatic nitrogens is 1. The highest BCUT2D eigenvalue weighted by Crippen LogP contribution is 2.39. The van der Waals surface area contributed by atoms with Crippen LogP contribution in [0.5, 0.6) is 0 Å². The van der Waals surface area contributed by atoms with Gasteiger partial charge in [0, 0.05) is 12.0 Å². The van der Waals surface area contributed by atoms with Gasteiger partial charge in [0.15, 0.2) is 31.4 Å². The number of rotatable bonds is 8. The fourth-order valence-corrected chi connectivity index (χ4v) is 4.60. The lowest BCUT2D eigenvalue weighted by Crippen LogP contribution is -2.48. The molecule has 2 aromatic rings. The van der Waals surface area contributed by atoms with Crippen LogP contribution in [0, 0.1) is 11.6 Å². The van der Waals surface area contributed by atoms with Crippen molar-refractivity contribution >= 4 is 42.8 Å². The average Bonchev–Trinajstić information content (AvgIpc) is 3.32. The van der Waals surface area contributed by atoms with Crippen LogP contribution in [0.1, 0.15) is 46.0 Å². The van der Waals surface area contributed by atoms with E-state index in [1.54, 1.807) is 6.92 Å². The molecule has 32 heavy (non-hydrogen) atoms. The number of nitrogens with one attached hydrogen (secondary N) is 1. The highest BCUT2D eigenvalue weighted by Gasteiger charge is 2.40. The van der Waals surface area contributed by atoms with Crippen LogP contribution >= 0.6 is 12.6 Å². The van der Waals surface area contributed by atoms with Crippen LogP contribution < -0.4 is 5.32 Å². The number of hydrogen-bond donors (Lipinski definition) is 2. The molecule has 178 valence electrons. The zero-order valence-electron chi connectivity index (χ0n) is 19.2. The molecule has 1 aromatic heterocycles. The minimum Gasteiger partial charge on any atom is -0.414 e. The number of hydrogen-bond acceptors (Lipinski definition) is 7. The third kappa shape index (κ3) is 5.17. The molecule has 0 radical (unpaired) electrons. The zero-order chi connectivity index (χ0) is 23.9. The summed E-state index contributed by atoms with van der Waals surface area (Å²) >= 11 is 3.93. The number of ether oxygens (including phenoxy) is 2. The number of carbonyl (C=O) groups excluding carboxylic acids is 1. The summed E-state index contributed by atoms with van der Waals surface area (Å²) in [7, 11) is -2.13. The maximum atomic E-state index is 14.7. The smallest absolute Gasteiger partial charge is 0.207 e. The van der Waals surface area contributed by atoms with E-state index in [-0.39, 0.29) is 58.7 Å². The third-order valence-electron chi connectivity index (χ3n) is 6.07. The second kappa shape index (κ2) is 9.01. The van der Waals surface area contributed by atoms with Crippen molar-refractivity contribution in [2.24, 2.45) is 0 Å². The fourth-order valence-electron chi connectivity index (χ4n) is 3.14. The minimum absolute atomic E-state index is 0.0183. The zero-order valence-corrected chi connectivity index (χ0v) is 21.1. The van der Waals surface area contributed by atoms with E-state index in [0.717, 1.165) is 0 Å². The molecule has 1 saturated heterocycles. The van der Waals surface area contributed by atoms with E-state index in [1.807, 2.05) is 0 Å². The predicted octanol–water partition coefficient (Wildman–Crippen LogP) is 5.19. The van der Waals surface area contributed by atoms with Crippen LogP contribution in [0.3, 0.4) is 0 Å². The highest BCUT2D eigenvalue weighted by molar-refractivity contribution is 7.96. The van der Waals surface area contributed by atoms with E-state index >= 15 is 0 Å². The first kappa shape index (κ1) is 25.1. The van der Waals surface area contributed by atoms with E-state index in [0.29, 0.717) is 0 Å². The van der Waals surface area contributed by atoms with Crippen molar-refractivity contribution in [3.8, 4) is 0 Å². The Morgan fingerprint density at radius 2 is 1.88 bits per heavy atom. The van der Waals surface area contributed by atoms with E-state index in [2.05, 4.69) is 57.0 Å². The van der Waals surface area contributed by atoms with Gasteiger partial charge in [0.1, 0.15) is 0 Å². The van der Waals surface area contributed by atoms with Gasteiger partial charge in [-0.2, -0.15) is 4.39 Å². The Morgan fingerprint density at radius 1 is 1.25 bits per heavy atom. The first-order chi connectivity index (χ1) is 14.7. The summed E-state index contributed by atoms with van der Waals surface area (Å²) in [5, 5.41) is 6.88. The second-order valence-corrected chi connectivity index (χ2v) is 15.2. The standard InChI is InChI=1S/C21H30F2N2O5SSi/c1-20(2,3)32(5,6)29-11-21(4,10-14(26)31)24-18-13-9-12(19-27-7-8-28-19)15(22)16(23)17(13)30-25-18/h9,19H,7-8,10-11H2,1-6H3,(H,24,25)(H,26,31)/t21-/m1/s1. The van der Waals surface area contributed by atoms with Crippen LogP contribution in [0.15, 0.2) is 10.6 Å². The molecule has 11 heteroatoms. The van der Waals surface area contributed by atoms with Crippen molar-refractivity contribution in [2.45, 2.75) is 64.1 Å². The van der Waals surface area contributed by atoms with Crippen molar-refractivity contribution < 1.29 is 32.0 Å². The van der Waals surface area contributed by atoms with Crippen molar-refractivity contribution in [1.82, 2.24) is 5.16 Å². The molecule has 0 aliphatic carbocycles. The Kier molecular flexibility index (Phi) is 7.07. The van der Waals surface area contributed by atoms with Crippen LogP contribution in [-0.4, -0.2) is 43.9 Å². The molecule has 3 rings (SSSR count). The second-order valence-electron chi connectivity index (χ2n) is 9.88. The quantitative estimate of drug-likeness (QED) is 0.391. The SMILES string of the molecule is CC(C)(C)[Si](C)(C)OC[C@@](C)(CC(=O)S)Nc1noc2c(F)c(F)c(C3OCCO3)cc12. The van der Waals surface area contributed by atoms with E-state index in [1.165, 1.54) is 6.07 Å². The summed E-state index contributed by atoms with van der Waals surface area (Å²) in [5.41, 5.74) is -1.33. The molecule has 0 saturated carbocycles. The van der Waals surface area contributed by atoms with Crippen molar-refractivity contribution in [2.75, 3.05) is 25.1 Å². The minimum atomic E-state index is -2.13. The molecule has 0 spiro atoms. The summed E-state index contributed by atoms with van der Waals surface area (Å²) < 4.78 is 51.3. The Bertz CT molecular complexity index is 1000. The van der Waals surface area contributed by atoms with Gasteiger partial charge in [-0.05, 0) is 31.1 Å². The maximum absolute atomic E-state index is 14.7. The number of halogens is 2. The number of benzene rings is 1. The van der Waals surface area contributed by atoms with Gasteiger partial charge in [0.25, 0.3) is 0 Å². The molecule has 0 amide bonds. The number of anilines is 1. The maximum Gasteiger partial charge on any atom is 0.207 e. The largest absolute Gasteiger partial charge is 0.414 e. The van der Waals surface area contributed by atoms with Gasteiger partial charge in [-0.1, -0.05) is 25.9 Å². The number of nitrogens with zero attached hydrogens (tertiary/aromatic N) is 1. The molecular formula is C21H30F2N2O5SSi. The normalized spacial score (nSPS) is 17.7. The Hall–Kier alpha value is -1.53. The van der Waals surface area contributed by atoms with Gasteiger partial charge in [-0.25, -0.2) is 4.39 Å². The lowest BCUT2D eigenvalue weighted by atomic mass is 9.99. The summed E-state index contributed by atoms with van der Waals surface area (Å²) in [6, 6.07) is 1.39. The monoisotopic (exact) mass is 488 g/mol. The average molecular weight is 489 g/mol. The molecular weight excluding hydrogens is 458 g/mol. The van der Waals surface area contributed by atoms with Crippen LogP contribution in [0.2, 0.25) is 18.1 Å². The number of carbonyl (C=O) groups is 1. The Balaban J connectivity index is 1.95. The molecule has 0 bridgehead atoms. The van der Waals surface area contributed by atoms with Gasteiger partial charge >= 0.3 is 0 Å². The summed E-state index contributed by atoms with van der Waals surface area (Å²) in [6.07, 6.45) is -0.992. The third-order valence-corrected chi connectivity index (χ3v) is 10.7. The molecule has 2 heterocycles. The first-order valence-electron chi connectivity index (χ1n) is 10.4. The van der Waals surface area contributed by atoms with Gasteiger partial charge in [0.2, 0.25) is 11.4 Å². The number of fused-ring (bicyclic) bond motifs is 1. The van der Waals surface area contributed by atoms with Crippen LogP contribution in [-0.2, 0) is 18.7 Å². The van der Waals surface area contributed by atoms with E-state index < -0.39 is 31.8 Å². The van der Waals surface area contributed by atoms with Crippen molar-refractivity contribution in [3.63, 3.8) is 0 Å². The fraction of sp³-hybridized carbons (Fsp3) is 0.619. The van der Waals surface area contributed by atoms with Crippen molar-refractivity contribution in [1.29, 1.82) is 0 Å². The highest BCUT2D eigenvalue weighted by atomic mass is 32.1. The molecule has 1 aliphatic rings. The predicted molar refractivity (Wildman–Crippen MR) is 122 cm³/mol. The lowest BCUT2D eigenvalue weighted by Gasteiger charge is -2.40. The molecule has 1 atom stereocenters. The van der Waals surface area contributed by atoms with Crippen molar-refractivity contribution in [3.05, 3.63) is 23.3 Å². The molecule has 7 nitrogen and oxygen atoms in total. The molecule has 1 N–H and O–H groups in total. The molecule has 0 unspecified atom stereocenters. The van der Waals surface area contributed by atoms with E-state index in [9.17, 15) is 13.6 Å². The number of thiol groups is 1. The van der Waals surface area contributed by atoms with Gasteiger partial charge in [-0.15, -0.1) is 12.6 Å². The molecule has 1 aliphatic heterocycles. The first-order valence-corrected chi connectivity index (χ1v) is 13.7. The van der Waals surface area contributed by atoms with Gasteiger partial charge in [-0.3, -0.25) is 4.79 Å². The summed E-state index contributed by atoms with van der Waals surface area (Å²) in [6.45, 7) is 13.1. The Labute approximate surface area is 192 Å². The lowest BCUT2D eigenvalue weighted by molar-refractivity contribution is -0.111. The van der Waals surface area contributed by atoms with Crippen LogP contribution in [0.25, 0.3) is 11.0 Å². The molecule has 1 fully saturated rings.